The van der Waals surface area contributed by atoms with E-state index in [1.165, 1.54) is 17.6 Å². The first-order valence-corrected chi connectivity index (χ1v) is 6.75. The highest BCUT2D eigenvalue weighted by atomic mass is 16.1. The fourth-order valence-corrected chi connectivity index (χ4v) is 2.97. The molecule has 92 valence electrons. The summed E-state index contributed by atoms with van der Waals surface area (Å²) < 4.78 is 0. The van der Waals surface area contributed by atoms with E-state index >= 15 is 0 Å². The number of allylic oxidation sites excluding steroid dienone is 4. The van der Waals surface area contributed by atoms with Crippen LogP contribution in [0.5, 0.6) is 0 Å². The van der Waals surface area contributed by atoms with Gasteiger partial charge in [-0.15, -0.1) is 0 Å². The fourth-order valence-electron chi connectivity index (χ4n) is 2.97. The third-order valence-electron chi connectivity index (χ3n) is 4.04. The van der Waals surface area contributed by atoms with Gasteiger partial charge in [-0.1, -0.05) is 42.0 Å². The molecule has 0 saturated heterocycles. The smallest absolute Gasteiger partial charge is 0.186 e. The first-order chi connectivity index (χ1) is 8.79. The molecule has 0 bridgehead atoms. The molecule has 1 nitrogen and oxygen atoms in total. The van der Waals surface area contributed by atoms with Gasteiger partial charge in [-0.05, 0) is 49.7 Å². The van der Waals surface area contributed by atoms with E-state index in [9.17, 15) is 4.79 Å². The van der Waals surface area contributed by atoms with Crippen molar-refractivity contribution in [1.82, 2.24) is 0 Å². The van der Waals surface area contributed by atoms with Crippen molar-refractivity contribution < 1.29 is 4.79 Å². The maximum Gasteiger partial charge on any atom is 0.186 e. The van der Waals surface area contributed by atoms with Gasteiger partial charge < -0.3 is 0 Å². The minimum absolute atomic E-state index is 0.198. The van der Waals surface area contributed by atoms with Gasteiger partial charge in [-0.25, -0.2) is 0 Å². The molecule has 3 rings (SSSR count). The van der Waals surface area contributed by atoms with E-state index in [0.29, 0.717) is 11.8 Å². The van der Waals surface area contributed by atoms with Crippen LogP contribution in [0.15, 0.2) is 48.1 Å². The topological polar surface area (TPSA) is 17.1 Å². The van der Waals surface area contributed by atoms with Crippen molar-refractivity contribution in [2.75, 3.05) is 0 Å². The van der Waals surface area contributed by atoms with Crippen LogP contribution in [0.1, 0.15) is 35.7 Å². The van der Waals surface area contributed by atoms with Crippen molar-refractivity contribution in [3.05, 3.63) is 59.2 Å². The molecule has 18 heavy (non-hydrogen) atoms. The number of carbonyl (C=O) groups excluding carboxylic acids is 1. The number of aryl methyl sites for hydroxylation is 1. The number of carbonyl (C=O) groups is 1. The zero-order valence-electron chi connectivity index (χ0n) is 10.7. The van der Waals surface area contributed by atoms with Crippen molar-refractivity contribution in [2.24, 2.45) is 11.8 Å². The monoisotopic (exact) mass is 238 g/mol. The average molecular weight is 238 g/mol. The van der Waals surface area contributed by atoms with E-state index in [2.05, 4.69) is 25.1 Å². The number of fused-ring (bicyclic) bond motifs is 1. The normalized spacial score (nSPS) is 26.7. The molecule has 2 aliphatic carbocycles. The van der Waals surface area contributed by atoms with Crippen LogP contribution in [0, 0.1) is 11.8 Å². The third kappa shape index (κ3) is 2.05. The summed E-state index contributed by atoms with van der Waals surface area (Å²) in [6.07, 6.45) is 9.57. The van der Waals surface area contributed by atoms with Gasteiger partial charge in [-0.2, -0.15) is 0 Å². The van der Waals surface area contributed by atoms with Crippen molar-refractivity contribution >= 4 is 5.78 Å². The molecule has 0 aliphatic heterocycles. The highest BCUT2D eigenvalue weighted by Gasteiger charge is 2.38. The summed E-state index contributed by atoms with van der Waals surface area (Å²) in [5.74, 6) is 1.50. The molecular weight excluding hydrogens is 220 g/mol. The van der Waals surface area contributed by atoms with Gasteiger partial charge in [0.25, 0.3) is 0 Å². The lowest BCUT2D eigenvalue weighted by Crippen LogP contribution is -1.97. The van der Waals surface area contributed by atoms with Crippen LogP contribution < -0.4 is 0 Å². The standard InChI is InChI=1S/C17H18O/c1-2-5-13-10-16(13)14-9-8-12-6-3-4-7-15(12)17(18)11-14/h2-7,11,13,16H,8-10H2,1H3/b5-2-. The van der Waals surface area contributed by atoms with Crippen molar-refractivity contribution in [3.63, 3.8) is 0 Å². The van der Waals surface area contributed by atoms with Crippen LogP contribution in [0.2, 0.25) is 0 Å². The fraction of sp³-hybridized carbons (Fsp3) is 0.353. The summed E-state index contributed by atoms with van der Waals surface area (Å²) in [5.41, 5.74) is 3.46. The Hall–Kier alpha value is -1.63. The minimum Gasteiger partial charge on any atom is -0.289 e. The first kappa shape index (κ1) is 11.5. The molecule has 2 aliphatic rings. The second-order valence-electron chi connectivity index (χ2n) is 5.27. The summed E-state index contributed by atoms with van der Waals surface area (Å²) in [7, 11) is 0. The molecule has 1 saturated carbocycles. The largest absolute Gasteiger partial charge is 0.289 e. The molecule has 1 fully saturated rings. The number of hydrogen-bond acceptors (Lipinski definition) is 1. The van der Waals surface area contributed by atoms with Gasteiger partial charge in [0.1, 0.15) is 0 Å². The Labute approximate surface area is 108 Å². The number of benzene rings is 1. The zero-order chi connectivity index (χ0) is 12.5. The van der Waals surface area contributed by atoms with Gasteiger partial charge in [0.15, 0.2) is 5.78 Å². The predicted molar refractivity (Wildman–Crippen MR) is 73.6 cm³/mol. The Kier molecular flexibility index (Phi) is 2.91. The average Bonchev–Trinajstić information content (AvgIpc) is 3.15. The van der Waals surface area contributed by atoms with E-state index in [4.69, 9.17) is 0 Å². The molecule has 2 atom stereocenters. The quantitative estimate of drug-likeness (QED) is 0.713. The maximum absolute atomic E-state index is 12.2. The molecular formula is C17H18O. The molecule has 1 heteroatoms. The van der Waals surface area contributed by atoms with Gasteiger partial charge in [0, 0.05) is 5.56 Å². The SMILES string of the molecule is C/C=C\C1CC1C1=CC(=O)c2ccccc2CC1. The Morgan fingerprint density at radius 2 is 2.06 bits per heavy atom. The highest BCUT2D eigenvalue weighted by molar-refractivity contribution is 6.06. The van der Waals surface area contributed by atoms with Gasteiger partial charge in [-0.3, -0.25) is 4.79 Å². The Morgan fingerprint density at radius 1 is 1.22 bits per heavy atom. The van der Waals surface area contributed by atoms with E-state index in [-0.39, 0.29) is 5.78 Å². The van der Waals surface area contributed by atoms with Crippen LogP contribution >= 0.6 is 0 Å². The molecule has 1 aromatic rings. The Morgan fingerprint density at radius 3 is 2.89 bits per heavy atom. The molecule has 0 spiro atoms. The Balaban J connectivity index is 1.84. The minimum atomic E-state index is 0.198. The van der Waals surface area contributed by atoms with E-state index in [0.717, 1.165) is 18.4 Å². The number of rotatable bonds is 2. The van der Waals surface area contributed by atoms with Crippen LogP contribution in [-0.4, -0.2) is 5.78 Å². The van der Waals surface area contributed by atoms with Gasteiger partial charge >= 0.3 is 0 Å². The number of ketones is 1. The molecule has 0 N–H and O–H groups in total. The van der Waals surface area contributed by atoms with E-state index in [1.807, 2.05) is 24.3 Å². The van der Waals surface area contributed by atoms with Crippen LogP contribution in [0.3, 0.4) is 0 Å². The van der Waals surface area contributed by atoms with Crippen molar-refractivity contribution in [1.29, 1.82) is 0 Å². The molecule has 1 aromatic carbocycles. The summed E-state index contributed by atoms with van der Waals surface area (Å²) in [4.78, 5) is 12.2. The highest BCUT2D eigenvalue weighted by Crippen LogP contribution is 2.47. The molecule has 0 amide bonds. The van der Waals surface area contributed by atoms with Crippen molar-refractivity contribution in [2.45, 2.75) is 26.2 Å². The lowest BCUT2D eigenvalue weighted by Gasteiger charge is -2.03. The van der Waals surface area contributed by atoms with Crippen LogP contribution in [-0.2, 0) is 6.42 Å². The number of hydrogen-bond donors (Lipinski definition) is 0. The zero-order valence-corrected chi connectivity index (χ0v) is 10.7. The summed E-state index contributed by atoms with van der Waals surface area (Å²) in [5, 5.41) is 0. The lowest BCUT2D eigenvalue weighted by molar-refractivity contribution is 0.104. The molecule has 0 aromatic heterocycles. The predicted octanol–water partition coefficient (Wildman–Crippen LogP) is 3.95. The summed E-state index contributed by atoms with van der Waals surface area (Å²) in [6, 6.07) is 8.01. The van der Waals surface area contributed by atoms with E-state index < -0.39 is 0 Å². The summed E-state index contributed by atoms with van der Waals surface area (Å²) in [6.45, 7) is 2.07. The Bertz CT molecular complexity index is 536. The van der Waals surface area contributed by atoms with E-state index in [1.54, 1.807) is 0 Å². The van der Waals surface area contributed by atoms with Crippen molar-refractivity contribution in [3.8, 4) is 0 Å². The summed E-state index contributed by atoms with van der Waals surface area (Å²) >= 11 is 0. The second-order valence-corrected chi connectivity index (χ2v) is 5.27. The maximum atomic E-state index is 12.2. The van der Waals surface area contributed by atoms with Crippen LogP contribution in [0.25, 0.3) is 0 Å². The van der Waals surface area contributed by atoms with Crippen LogP contribution in [0.4, 0.5) is 0 Å². The third-order valence-corrected chi connectivity index (χ3v) is 4.04. The molecule has 2 unspecified atom stereocenters. The lowest BCUT2D eigenvalue weighted by atomic mass is 10.0. The van der Waals surface area contributed by atoms with Gasteiger partial charge in [0.05, 0.1) is 0 Å². The first-order valence-electron chi connectivity index (χ1n) is 6.75. The molecule has 0 heterocycles. The van der Waals surface area contributed by atoms with Gasteiger partial charge in [0.2, 0.25) is 0 Å². The second kappa shape index (κ2) is 4.56. The molecule has 0 radical (unpaired) electrons.